The first-order valence-corrected chi connectivity index (χ1v) is 5.82. The standard InChI is InChI=1S/C13H8ClF2N3/c14-9-5-7(17)1-2-8(9)13-18-11-4-6(15)3-10(16)12(11)19-13/h1-5H,17H2,(H,18,19). The van der Waals surface area contributed by atoms with Crippen LogP contribution in [0.2, 0.25) is 5.02 Å². The minimum atomic E-state index is -0.718. The summed E-state index contributed by atoms with van der Waals surface area (Å²) < 4.78 is 26.7. The smallest absolute Gasteiger partial charge is 0.153 e. The predicted octanol–water partition coefficient (Wildman–Crippen LogP) is 3.74. The number of hydrogen-bond acceptors (Lipinski definition) is 2. The number of nitrogens with one attached hydrogen (secondary N) is 1. The van der Waals surface area contributed by atoms with Crippen molar-refractivity contribution in [2.75, 3.05) is 5.73 Å². The molecule has 3 aromatic rings. The molecular weight excluding hydrogens is 272 g/mol. The van der Waals surface area contributed by atoms with E-state index in [0.717, 1.165) is 6.07 Å². The van der Waals surface area contributed by atoms with Gasteiger partial charge >= 0.3 is 0 Å². The Hall–Kier alpha value is -2.14. The number of halogens is 3. The molecule has 3 N–H and O–H groups in total. The van der Waals surface area contributed by atoms with Crippen molar-refractivity contribution in [1.82, 2.24) is 9.97 Å². The van der Waals surface area contributed by atoms with Gasteiger partial charge in [-0.2, -0.15) is 0 Å². The number of nitrogen functional groups attached to an aromatic ring is 1. The molecule has 0 unspecified atom stereocenters. The van der Waals surface area contributed by atoms with E-state index in [4.69, 9.17) is 17.3 Å². The molecule has 0 aliphatic carbocycles. The molecule has 1 heterocycles. The Morgan fingerprint density at radius 3 is 2.68 bits per heavy atom. The molecule has 96 valence electrons. The lowest BCUT2D eigenvalue weighted by Gasteiger charge is -2.01. The van der Waals surface area contributed by atoms with Crippen LogP contribution in [0.5, 0.6) is 0 Å². The highest BCUT2D eigenvalue weighted by Gasteiger charge is 2.13. The lowest BCUT2D eigenvalue weighted by atomic mass is 10.2. The second-order valence-corrected chi connectivity index (χ2v) is 4.52. The quantitative estimate of drug-likeness (QED) is 0.667. The number of H-pyrrole nitrogens is 1. The van der Waals surface area contributed by atoms with Crippen LogP contribution in [-0.2, 0) is 0 Å². The van der Waals surface area contributed by atoms with E-state index >= 15 is 0 Å². The maximum absolute atomic E-state index is 13.6. The Bertz CT molecular complexity index is 783. The molecule has 0 atom stereocenters. The number of nitrogens with two attached hydrogens (primary N) is 1. The fourth-order valence-electron chi connectivity index (χ4n) is 1.89. The van der Waals surface area contributed by atoms with Crippen molar-refractivity contribution in [2.45, 2.75) is 0 Å². The zero-order valence-corrected chi connectivity index (χ0v) is 10.3. The number of fused-ring (bicyclic) bond motifs is 1. The molecule has 0 saturated carbocycles. The van der Waals surface area contributed by atoms with Crippen LogP contribution in [0.3, 0.4) is 0 Å². The highest BCUT2D eigenvalue weighted by molar-refractivity contribution is 6.33. The van der Waals surface area contributed by atoms with Gasteiger partial charge in [-0.3, -0.25) is 0 Å². The van der Waals surface area contributed by atoms with Crippen LogP contribution in [-0.4, -0.2) is 9.97 Å². The normalized spacial score (nSPS) is 11.1. The molecular formula is C13H8ClF2N3. The minimum absolute atomic E-state index is 0.0734. The third-order valence-corrected chi connectivity index (χ3v) is 3.07. The molecule has 0 saturated heterocycles. The van der Waals surface area contributed by atoms with E-state index in [1.54, 1.807) is 18.2 Å². The molecule has 19 heavy (non-hydrogen) atoms. The first-order valence-electron chi connectivity index (χ1n) is 5.45. The molecule has 1 aromatic heterocycles. The number of imidazole rings is 1. The second-order valence-electron chi connectivity index (χ2n) is 4.11. The molecule has 0 fully saturated rings. The molecule has 3 rings (SSSR count). The van der Waals surface area contributed by atoms with Gasteiger partial charge in [0.25, 0.3) is 0 Å². The van der Waals surface area contributed by atoms with E-state index in [-0.39, 0.29) is 11.0 Å². The Morgan fingerprint density at radius 1 is 1.16 bits per heavy atom. The number of nitrogens with zero attached hydrogens (tertiary/aromatic N) is 1. The van der Waals surface area contributed by atoms with E-state index in [0.29, 0.717) is 22.1 Å². The van der Waals surface area contributed by atoms with Gasteiger partial charge < -0.3 is 10.7 Å². The molecule has 0 bridgehead atoms. The molecule has 2 aromatic carbocycles. The Balaban J connectivity index is 2.23. The zero-order chi connectivity index (χ0) is 13.6. The first-order chi connectivity index (χ1) is 9.04. The fourth-order valence-corrected chi connectivity index (χ4v) is 2.17. The maximum atomic E-state index is 13.6. The summed E-state index contributed by atoms with van der Waals surface area (Å²) in [6.07, 6.45) is 0. The average Bonchev–Trinajstić information content (AvgIpc) is 2.72. The molecule has 6 heteroatoms. The number of anilines is 1. The van der Waals surface area contributed by atoms with Gasteiger partial charge in [-0.05, 0) is 24.3 Å². The van der Waals surface area contributed by atoms with Crippen molar-refractivity contribution in [2.24, 2.45) is 0 Å². The Kier molecular flexibility index (Phi) is 2.64. The van der Waals surface area contributed by atoms with Gasteiger partial charge in [0.1, 0.15) is 17.2 Å². The Morgan fingerprint density at radius 2 is 1.95 bits per heavy atom. The van der Waals surface area contributed by atoms with Crippen molar-refractivity contribution >= 4 is 28.3 Å². The molecule has 0 radical (unpaired) electrons. The van der Waals surface area contributed by atoms with Gasteiger partial charge in [-0.15, -0.1) is 0 Å². The summed E-state index contributed by atoms with van der Waals surface area (Å²) in [5.41, 5.74) is 7.04. The van der Waals surface area contributed by atoms with E-state index in [1.807, 2.05) is 0 Å². The predicted molar refractivity (Wildman–Crippen MR) is 70.9 cm³/mol. The van der Waals surface area contributed by atoms with Crippen LogP contribution in [0.15, 0.2) is 30.3 Å². The molecule has 0 aliphatic rings. The summed E-state index contributed by atoms with van der Waals surface area (Å²) in [5.74, 6) is -1.02. The molecule has 0 aliphatic heterocycles. The van der Waals surface area contributed by atoms with E-state index in [2.05, 4.69) is 9.97 Å². The van der Waals surface area contributed by atoms with Gasteiger partial charge in [-0.25, -0.2) is 13.8 Å². The van der Waals surface area contributed by atoms with Gasteiger partial charge in [0.05, 0.1) is 10.5 Å². The fraction of sp³-hybridized carbons (Fsp3) is 0. The molecule has 0 spiro atoms. The van der Waals surface area contributed by atoms with Crippen LogP contribution in [0.25, 0.3) is 22.4 Å². The van der Waals surface area contributed by atoms with Crippen molar-refractivity contribution in [3.05, 3.63) is 47.0 Å². The van der Waals surface area contributed by atoms with Gasteiger partial charge in [-0.1, -0.05) is 11.6 Å². The van der Waals surface area contributed by atoms with Gasteiger partial charge in [0.2, 0.25) is 0 Å². The summed E-state index contributed by atoms with van der Waals surface area (Å²) in [6.45, 7) is 0. The van der Waals surface area contributed by atoms with Gasteiger partial charge in [0, 0.05) is 17.3 Å². The number of hydrogen-bond donors (Lipinski definition) is 2. The number of benzene rings is 2. The number of aromatic nitrogens is 2. The summed E-state index contributed by atoms with van der Waals surface area (Å²) in [6, 6.07) is 6.87. The highest BCUT2D eigenvalue weighted by atomic mass is 35.5. The lowest BCUT2D eigenvalue weighted by molar-refractivity contribution is 0.591. The summed E-state index contributed by atoms with van der Waals surface area (Å²) in [5, 5.41) is 0.389. The maximum Gasteiger partial charge on any atom is 0.153 e. The Labute approximate surface area is 112 Å². The lowest BCUT2D eigenvalue weighted by Crippen LogP contribution is -1.87. The third-order valence-electron chi connectivity index (χ3n) is 2.75. The molecule has 0 amide bonds. The van der Waals surface area contributed by atoms with Crippen LogP contribution in [0.4, 0.5) is 14.5 Å². The largest absolute Gasteiger partial charge is 0.399 e. The van der Waals surface area contributed by atoms with Crippen LogP contribution < -0.4 is 5.73 Å². The van der Waals surface area contributed by atoms with Crippen LogP contribution in [0.1, 0.15) is 0 Å². The van der Waals surface area contributed by atoms with E-state index < -0.39 is 11.6 Å². The van der Waals surface area contributed by atoms with Crippen molar-refractivity contribution < 1.29 is 8.78 Å². The van der Waals surface area contributed by atoms with Gasteiger partial charge in [0.15, 0.2) is 5.82 Å². The molecule has 3 nitrogen and oxygen atoms in total. The van der Waals surface area contributed by atoms with E-state index in [9.17, 15) is 8.78 Å². The third kappa shape index (κ3) is 2.02. The van der Waals surface area contributed by atoms with Crippen LogP contribution >= 0.6 is 11.6 Å². The summed E-state index contributed by atoms with van der Waals surface area (Å²) in [4.78, 5) is 6.93. The monoisotopic (exact) mass is 279 g/mol. The first kappa shape index (κ1) is 11.9. The second kappa shape index (κ2) is 4.20. The van der Waals surface area contributed by atoms with Crippen molar-refractivity contribution in [1.29, 1.82) is 0 Å². The highest BCUT2D eigenvalue weighted by Crippen LogP contribution is 2.29. The van der Waals surface area contributed by atoms with Crippen molar-refractivity contribution in [3.63, 3.8) is 0 Å². The summed E-state index contributed by atoms with van der Waals surface area (Å²) >= 11 is 6.05. The minimum Gasteiger partial charge on any atom is -0.399 e. The summed E-state index contributed by atoms with van der Waals surface area (Å²) in [7, 11) is 0. The van der Waals surface area contributed by atoms with E-state index in [1.165, 1.54) is 6.07 Å². The SMILES string of the molecule is Nc1ccc(-c2nc3c(F)cc(F)cc3[nH]2)c(Cl)c1. The zero-order valence-electron chi connectivity index (χ0n) is 9.55. The number of aromatic amines is 1. The number of rotatable bonds is 1. The van der Waals surface area contributed by atoms with Crippen molar-refractivity contribution in [3.8, 4) is 11.4 Å². The average molecular weight is 280 g/mol. The topological polar surface area (TPSA) is 54.7 Å². The van der Waals surface area contributed by atoms with Crippen LogP contribution in [0, 0.1) is 11.6 Å².